The molecule has 22 heavy (non-hydrogen) atoms. The zero-order valence-electron chi connectivity index (χ0n) is 12.2. The molecule has 1 aliphatic rings. The van der Waals surface area contributed by atoms with Gasteiger partial charge in [0.1, 0.15) is 0 Å². The van der Waals surface area contributed by atoms with E-state index in [2.05, 4.69) is 10.2 Å². The van der Waals surface area contributed by atoms with Crippen LogP contribution in [0.25, 0.3) is 11.5 Å². The van der Waals surface area contributed by atoms with Gasteiger partial charge in [0, 0.05) is 30.1 Å². The predicted octanol–water partition coefficient (Wildman–Crippen LogP) is 2.24. The average Bonchev–Trinajstić information content (AvgIpc) is 3.16. The number of aliphatic hydroxyl groups is 1. The number of amides is 1. The van der Waals surface area contributed by atoms with Gasteiger partial charge >= 0.3 is 0 Å². The molecule has 1 amide bonds. The van der Waals surface area contributed by atoms with Gasteiger partial charge in [0.2, 0.25) is 5.89 Å². The maximum atomic E-state index is 12.4. The Kier molecular flexibility index (Phi) is 4.08. The maximum Gasteiger partial charge on any atom is 0.284 e. The Morgan fingerprint density at radius 2 is 2.23 bits per heavy atom. The minimum absolute atomic E-state index is 0.0161. The second-order valence-corrected chi connectivity index (χ2v) is 5.91. The highest BCUT2D eigenvalue weighted by Gasteiger charge is 2.29. The van der Waals surface area contributed by atoms with E-state index in [0.717, 1.165) is 12.0 Å². The molecule has 2 N–H and O–H groups in total. The molecule has 6 nitrogen and oxygen atoms in total. The number of nitrogens with zero attached hydrogens (tertiary/aromatic N) is 2. The molecule has 116 valence electrons. The quantitative estimate of drug-likeness (QED) is 0.848. The van der Waals surface area contributed by atoms with Gasteiger partial charge in [-0.1, -0.05) is 0 Å². The van der Waals surface area contributed by atoms with Crippen molar-refractivity contribution in [2.75, 3.05) is 13.1 Å². The summed E-state index contributed by atoms with van der Waals surface area (Å²) in [4.78, 5) is 14.5. The van der Waals surface area contributed by atoms with Crippen molar-refractivity contribution < 1.29 is 14.3 Å². The maximum absolute atomic E-state index is 12.4. The average molecular weight is 319 g/mol. The third-order valence-electron chi connectivity index (χ3n) is 4.01. The minimum Gasteiger partial charge on any atom is -0.409 e. The molecule has 0 unspecified atom stereocenters. The van der Waals surface area contributed by atoms with Crippen molar-refractivity contribution in [1.29, 1.82) is 0 Å². The monoisotopic (exact) mass is 319 g/mol. The lowest BCUT2D eigenvalue weighted by atomic mass is 10.0. The van der Waals surface area contributed by atoms with E-state index in [0.29, 0.717) is 24.5 Å². The summed E-state index contributed by atoms with van der Waals surface area (Å²) < 4.78 is 5.24. The number of carbonyl (C=O) groups is 1. The van der Waals surface area contributed by atoms with Crippen LogP contribution >= 0.6 is 12.2 Å². The second kappa shape index (κ2) is 6.02. The first-order valence-electron chi connectivity index (χ1n) is 7.18. The standard InChI is InChI=1S/C15H17N3O3S/c1-9(19)12-6-7-18(8-12)14(20)11-4-2-10(3-5-11)13-16-17-15(22)21-13/h2-5,9,12,19H,6-8H2,1H3,(H,17,22)/t9-,12-/m1/s1. The largest absolute Gasteiger partial charge is 0.409 e. The number of carbonyl (C=O) groups excluding carboxylic acids is 1. The zero-order valence-corrected chi connectivity index (χ0v) is 13.0. The van der Waals surface area contributed by atoms with Gasteiger partial charge in [0.25, 0.3) is 10.7 Å². The molecule has 3 rings (SSSR count). The number of H-pyrrole nitrogens is 1. The first-order chi connectivity index (χ1) is 10.5. The Hall–Kier alpha value is -1.99. The number of rotatable bonds is 3. The highest BCUT2D eigenvalue weighted by molar-refractivity contribution is 7.71. The molecule has 2 heterocycles. The number of hydrogen-bond acceptors (Lipinski definition) is 5. The summed E-state index contributed by atoms with van der Waals surface area (Å²) in [6.45, 7) is 3.06. The van der Waals surface area contributed by atoms with E-state index in [4.69, 9.17) is 16.6 Å². The first kappa shape index (κ1) is 14.9. The smallest absolute Gasteiger partial charge is 0.284 e. The molecule has 1 fully saturated rings. The molecule has 0 spiro atoms. The summed E-state index contributed by atoms with van der Waals surface area (Å²) in [7, 11) is 0. The minimum atomic E-state index is -0.381. The van der Waals surface area contributed by atoms with Crippen molar-refractivity contribution in [3.8, 4) is 11.5 Å². The van der Waals surface area contributed by atoms with E-state index in [-0.39, 0.29) is 22.8 Å². The van der Waals surface area contributed by atoms with Gasteiger partial charge < -0.3 is 14.4 Å². The summed E-state index contributed by atoms with van der Waals surface area (Å²) in [6.07, 6.45) is 0.462. The van der Waals surface area contributed by atoms with Crippen molar-refractivity contribution in [2.45, 2.75) is 19.4 Å². The number of hydrogen-bond donors (Lipinski definition) is 2. The number of aromatic amines is 1. The van der Waals surface area contributed by atoms with Gasteiger partial charge in [0.05, 0.1) is 6.10 Å². The van der Waals surface area contributed by atoms with Crippen LogP contribution in [0.4, 0.5) is 0 Å². The molecule has 1 aliphatic heterocycles. The normalized spacial score (nSPS) is 19.4. The topological polar surface area (TPSA) is 82.4 Å². The van der Waals surface area contributed by atoms with Crippen LogP contribution < -0.4 is 0 Å². The van der Waals surface area contributed by atoms with Crippen LogP contribution in [-0.2, 0) is 0 Å². The van der Waals surface area contributed by atoms with Crippen LogP contribution in [0, 0.1) is 10.8 Å². The van der Waals surface area contributed by atoms with E-state index < -0.39 is 0 Å². The van der Waals surface area contributed by atoms with Crippen LogP contribution in [0.5, 0.6) is 0 Å². The number of aliphatic hydroxyl groups excluding tert-OH is 1. The van der Waals surface area contributed by atoms with Gasteiger partial charge in [-0.15, -0.1) is 5.10 Å². The van der Waals surface area contributed by atoms with Crippen LogP contribution in [0.2, 0.25) is 0 Å². The van der Waals surface area contributed by atoms with E-state index in [1.807, 2.05) is 0 Å². The highest BCUT2D eigenvalue weighted by atomic mass is 32.1. The Balaban J connectivity index is 1.73. The molecule has 1 saturated heterocycles. The van der Waals surface area contributed by atoms with Crippen molar-refractivity contribution in [3.63, 3.8) is 0 Å². The summed E-state index contributed by atoms with van der Waals surface area (Å²) in [5, 5.41) is 16.1. The lowest BCUT2D eigenvalue weighted by Crippen LogP contribution is -2.30. The molecule has 0 aliphatic carbocycles. The second-order valence-electron chi connectivity index (χ2n) is 5.54. The SMILES string of the molecule is C[C@@H](O)[C@@H]1CCN(C(=O)c2ccc(-c3n[nH]c(=S)o3)cc2)C1. The molecule has 1 aromatic heterocycles. The van der Waals surface area contributed by atoms with Gasteiger partial charge in [0.15, 0.2) is 0 Å². The van der Waals surface area contributed by atoms with Gasteiger partial charge in [-0.05, 0) is 49.8 Å². The van der Waals surface area contributed by atoms with Crippen molar-refractivity contribution in [1.82, 2.24) is 15.1 Å². The fourth-order valence-electron chi connectivity index (χ4n) is 2.66. The third-order valence-corrected chi connectivity index (χ3v) is 4.19. The molecule has 0 radical (unpaired) electrons. The van der Waals surface area contributed by atoms with E-state index in [1.165, 1.54) is 0 Å². The van der Waals surface area contributed by atoms with Crippen LogP contribution in [0.3, 0.4) is 0 Å². The lowest BCUT2D eigenvalue weighted by Gasteiger charge is -2.17. The van der Waals surface area contributed by atoms with E-state index >= 15 is 0 Å². The third kappa shape index (κ3) is 2.95. The van der Waals surface area contributed by atoms with Crippen molar-refractivity contribution in [3.05, 3.63) is 34.7 Å². The van der Waals surface area contributed by atoms with Gasteiger partial charge in [-0.3, -0.25) is 4.79 Å². The highest BCUT2D eigenvalue weighted by Crippen LogP contribution is 2.23. The van der Waals surface area contributed by atoms with Crippen molar-refractivity contribution in [2.24, 2.45) is 5.92 Å². The molecular weight excluding hydrogens is 302 g/mol. The predicted molar refractivity (Wildman–Crippen MR) is 82.8 cm³/mol. The molecule has 1 aromatic carbocycles. The molecule has 0 saturated carbocycles. The molecular formula is C15H17N3O3S. The molecule has 0 bridgehead atoms. The lowest BCUT2D eigenvalue weighted by molar-refractivity contribution is 0.0762. The molecule has 2 atom stereocenters. The first-order valence-corrected chi connectivity index (χ1v) is 7.58. The van der Waals surface area contributed by atoms with Crippen LogP contribution in [-0.4, -0.2) is 45.3 Å². The summed E-state index contributed by atoms with van der Waals surface area (Å²) in [6, 6.07) is 7.06. The Bertz CT molecular complexity index is 720. The van der Waals surface area contributed by atoms with Crippen LogP contribution in [0.15, 0.2) is 28.7 Å². The Morgan fingerprint density at radius 1 is 1.50 bits per heavy atom. The van der Waals surface area contributed by atoms with E-state index in [9.17, 15) is 9.90 Å². The number of aromatic nitrogens is 2. The van der Waals surface area contributed by atoms with Crippen molar-refractivity contribution >= 4 is 18.1 Å². The van der Waals surface area contributed by atoms with Crippen LogP contribution in [0.1, 0.15) is 23.7 Å². The fraction of sp³-hybridized carbons (Fsp3) is 0.400. The summed E-state index contributed by atoms with van der Waals surface area (Å²) in [5.41, 5.74) is 1.37. The number of likely N-dealkylation sites (tertiary alicyclic amines) is 1. The Labute approximate surface area is 132 Å². The van der Waals surface area contributed by atoms with E-state index in [1.54, 1.807) is 36.1 Å². The summed E-state index contributed by atoms with van der Waals surface area (Å²) in [5.74, 6) is 0.550. The Morgan fingerprint density at radius 3 is 2.77 bits per heavy atom. The fourth-order valence-corrected chi connectivity index (χ4v) is 2.78. The zero-order chi connectivity index (χ0) is 15.7. The number of nitrogens with one attached hydrogen (secondary N) is 1. The van der Waals surface area contributed by atoms with Gasteiger partial charge in [-0.25, -0.2) is 5.10 Å². The van der Waals surface area contributed by atoms with Gasteiger partial charge in [-0.2, -0.15) is 0 Å². The molecule has 7 heteroatoms. The summed E-state index contributed by atoms with van der Waals surface area (Å²) >= 11 is 4.84. The molecule has 2 aromatic rings. The number of benzene rings is 1.